The van der Waals surface area contributed by atoms with Crippen molar-refractivity contribution in [1.29, 1.82) is 0 Å². The van der Waals surface area contributed by atoms with Crippen molar-refractivity contribution >= 4 is 11.7 Å². The molecule has 0 saturated carbocycles. The number of aromatic amines is 1. The molecule has 0 aromatic carbocycles. The summed E-state index contributed by atoms with van der Waals surface area (Å²) in [5.74, 6) is -0.264. The Balaban J connectivity index is 2.88. The van der Waals surface area contributed by atoms with Crippen molar-refractivity contribution in [3.63, 3.8) is 0 Å². The quantitative estimate of drug-likeness (QED) is 0.602. The summed E-state index contributed by atoms with van der Waals surface area (Å²) in [5, 5.41) is 0. The molecule has 0 aliphatic heterocycles. The molecule has 1 aromatic heterocycles. The Kier molecular flexibility index (Phi) is 4.46. The highest BCUT2D eigenvalue weighted by Crippen LogP contribution is 2.07. The average molecular weight is 232 g/mol. The van der Waals surface area contributed by atoms with E-state index in [-0.39, 0.29) is 11.7 Å². The lowest BCUT2D eigenvalue weighted by Gasteiger charge is -2.18. The van der Waals surface area contributed by atoms with Crippen molar-refractivity contribution in [1.82, 2.24) is 9.88 Å². The van der Waals surface area contributed by atoms with Crippen LogP contribution in [0, 0.1) is 0 Å². The summed E-state index contributed by atoms with van der Waals surface area (Å²) in [5.41, 5.74) is 0.837. The molecule has 0 saturated heterocycles. The van der Waals surface area contributed by atoms with Crippen LogP contribution in [-0.2, 0) is 0 Å². The van der Waals surface area contributed by atoms with E-state index < -0.39 is 0 Å². The Morgan fingerprint density at radius 2 is 1.76 bits per heavy atom. The first-order chi connectivity index (χ1) is 8.10. The van der Waals surface area contributed by atoms with Crippen molar-refractivity contribution in [2.75, 3.05) is 13.1 Å². The molecular weight excluding hydrogens is 216 g/mol. The normalized spacial score (nSPS) is 9.71. The molecule has 4 heteroatoms. The summed E-state index contributed by atoms with van der Waals surface area (Å²) in [4.78, 5) is 27.5. The van der Waals surface area contributed by atoms with Gasteiger partial charge in [0.1, 0.15) is 5.69 Å². The second-order valence-electron chi connectivity index (χ2n) is 3.63. The van der Waals surface area contributed by atoms with Crippen LogP contribution in [0.3, 0.4) is 0 Å². The van der Waals surface area contributed by atoms with Gasteiger partial charge in [-0.05, 0) is 12.1 Å². The number of hydrogen-bond donors (Lipinski definition) is 1. The third kappa shape index (κ3) is 3.17. The Bertz CT molecular complexity index is 436. The van der Waals surface area contributed by atoms with E-state index in [4.69, 9.17) is 0 Å². The maximum atomic E-state index is 12.0. The van der Waals surface area contributed by atoms with E-state index >= 15 is 0 Å². The van der Waals surface area contributed by atoms with Gasteiger partial charge in [-0.1, -0.05) is 12.2 Å². The number of carbonyl (C=O) groups is 2. The number of amides is 1. The summed E-state index contributed by atoms with van der Waals surface area (Å²) in [6.07, 6.45) is 3.30. The van der Waals surface area contributed by atoms with Gasteiger partial charge < -0.3 is 9.88 Å². The second-order valence-corrected chi connectivity index (χ2v) is 3.63. The molecule has 1 rings (SSSR count). The second kappa shape index (κ2) is 5.84. The summed E-state index contributed by atoms with van der Waals surface area (Å²) in [6.45, 7) is 9.54. The van der Waals surface area contributed by atoms with Crippen LogP contribution in [0.25, 0.3) is 0 Å². The van der Waals surface area contributed by atoms with Crippen LogP contribution in [0.4, 0.5) is 0 Å². The molecule has 0 aliphatic carbocycles. The van der Waals surface area contributed by atoms with Gasteiger partial charge in [0.25, 0.3) is 5.91 Å². The number of aromatic nitrogens is 1. The molecule has 4 nitrogen and oxygen atoms in total. The van der Waals surface area contributed by atoms with Gasteiger partial charge in [-0.3, -0.25) is 9.59 Å². The SMILES string of the molecule is C=CCN(CC=C)C(=O)c1ccc(C(C)=O)[nH]1. The third-order valence-corrected chi connectivity index (χ3v) is 2.28. The molecule has 1 N–H and O–H groups in total. The van der Waals surface area contributed by atoms with Crippen molar-refractivity contribution in [3.05, 3.63) is 48.8 Å². The van der Waals surface area contributed by atoms with Gasteiger partial charge >= 0.3 is 0 Å². The van der Waals surface area contributed by atoms with Gasteiger partial charge in [0.2, 0.25) is 0 Å². The number of H-pyrrole nitrogens is 1. The van der Waals surface area contributed by atoms with Crippen molar-refractivity contribution in [3.8, 4) is 0 Å². The Morgan fingerprint density at radius 1 is 1.24 bits per heavy atom. The van der Waals surface area contributed by atoms with E-state index in [1.165, 1.54) is 6.92 Å². The fourth-order valence-electron chi connectivity index (χ4n) is 1.45. The number of nitrogens with zero attached hydrogens (tertiary/aromatic N) is 1. The summed E-state index contributed by atoms with van der Waals surface area (Å²) in [7, 11) is 0. The zero-order valence-corrected chi connectivity index (χ0v) is 9.90. The lowest BCUT2D eigenvalue weighted by molar-refractivity contribution is 0.0785. The molecule has 17 heavy (non-hydrogen) atoms. The molecule has 0 bridgehead atoms. The number of hydrogen-bond acceptors (Lipinski definition) is 2. The van der Waals surface area contributed by atoms with Crippen LogP contribution in [0.15, 0.2) is 37.4 Å². The smallest absolute Gasteiger partial charge is 0.270 e. The molecule has 0 spiro atoms. The Labute approximate surface area is 101 Å². The summed E-state index contributed by atoms with van der Waals surface area (Å²) < 4.78 is 0. The Morgan fingerprint density at radius 3 is 2.18 bits per heavy atom. The van der Waals surface area contributed by atoms with Crippen LogP contribution in [0.1, 0.15) is 27.9 Å². The van der Waals surface area contributed by atoms with Gasteiger partial charge in [0, 0.05) is 20.0 Å². The van der Waals surface area contributed by atoms with Crippen LogP contribution in [0.5, 0.6) is 0 Å². The number of ketones is 1. The third-order valence-electron chi connectivity index (χ3n) is 2.28. The van der Waals surface area contributed by atoms with E-state index in [2.05, 4.69) is 18.1 Å². The minimum Gasteiger partial charge on any atom is -0.348 e. The first-order valence-corrected chi connectivity index (χ1v) is 5.31. The number of carbonyl (C=O) groups excluding carboxylic acids is 2. The van der Waals surface area contributed by atoms with Crippen molar-refractivity contribution in [2.24, 2.45) is 0 Å². The minimum absolute atomic E-state index is 0.0944. The van der Waals surface area contributed by atoms with Crippen LogP contribution in [0.2, 0.25) is 0 Å². The lowest BCUT2D eigenvalue weighted by Crippen LogP contribution is -2.31. The number of rotatable bonds is 6. The van der Waals surface area contributed by atoms with Gasteiger partial charge in [-0.25, -0.2) is 0 Å². The maximum absolute atomic E-state index is 12.0. The summed E-state index contributed by atoms with van der Waals surface area (Å²) >= 11 is 0. The molecule has 1 heterocycles. The standard InChI is InChI=1S/C13H16N2O2/c1-4-8-15(9-5-2)13(17)12-7-6-11(14-12)10(3)16/h4-7,14H,1-2,8-9H2,3H3. The van der Waals surface area contributed by atoms with Gasteiger partial charge in [0.05, 0.1) is 5.69 Å². The largest absolute Gasteiger partial charge is 0.348 e. The highest BCUT2D eigenvalue weighted by atomic mass is 16.2. The monoisotopic (exact) mass is 232 g/mol. The van der Waals surface area contributed by atoms with Crippen LogP contribution >= 0.6 is 0 Å². The highest BCUT2D eigenvalue weighted by Gasteiger charge is 2.15. The fourth-order valence-corrected chi connectivity index (χ4v) is 1.45. The molecular formula is C13H16N2O2. The van der Waals surface area contributed by atoms with Crippen molar-refractivity contribution in [2.45, 2.75) is 6.92 Å². The zero-order valence-electron chi connectivity index (χ0n) is 9.90. The number of Topliss-reactive ketones (excluding diaryl/α,β-unsaturated/α-hetero) is 1. The van der Waals surface area contributed by atoms with Gasteiger partial charge in [-0.15, -0.1) is 13.2 Å². The molecule has 1 amide bonds. The molecule has 0 aliphatic rings. The van der Waals surface area contributed by atoms with Crippen LogP contribution < -0.4 is 0 Å². The lowest BCUT2D eigenvalue weighted by atomic mass is 10.3. The topological polar surface area (TPSA) is 53.2 Å². The van der Waals surface area contributed by atoms with E-state index in [9.17, 15) is 9.59 Å². The fraction of sp³-hybridized carbons (Fsp3) is 0.231. The average Bonchev–Trinajstić information content (AvgIpc) is 2.77. The molecule has 0 unspecified atom stereocenters. The predicted molar refractivity (Wildman–Crippen MR) is 67.1 cm³/mol. The number of nitrogens with one attached hydrogen (secondary N) is 1. The first kappa shape index (κ1) is 13.0. The molecule has 0 atom stereocenters. The molecule has 1 aromatic rings. The predicted octanol–water partition coefficient (Wildman–Crippen LogP) is 2.03. The summed E-state index contributed by atoms with van der Waals surface area (Å²) in [6, 6.07) is 3.22. The Hall–Kier alpha value is -2.10. The van der Waals surface area contributed by atoms with E-state index in [0.29, 0.717) is 24.5 Å². The molecule has 90 valence electrons. The highest BCUT2D eigenvalue weighted by molar-refractivity contribution is 5.97. The maximum Gasteiger partial charge on any atom is 0.270 e. The van der Waals surface area contributed by atoms with Crippen LogP contribution in [-0.4, -0.2) is 34.7 Å². The van der Waals surface area contributed by atoms with E-state index in [1.807, 2.05) is 0 Å². The van der Waals surface area contributed by atoms with E-state index in [1.54, 1.807) is 29.2 Å². The van der Waals surface area contributed by atoms with Gasteiger partial charge in [0.15, 0.2) is 5.78 Å². The zero-order chi connectivity index (χ0) is 12.8. The van der Waals surface area contributed by atoms with Crippen molar-refractivity contribution < 1.29 is 9.59 Å². The minimum atomic E-state index is -0.169. The first-order valence-electron chi connectivity index (χ1n) is 5.31. The molecule has 0 radical (unpaired) electrons. The molecule has 0 fully saturated rings. The van der Waals surface area contributed by atoms with E-state index in [0.717, 1.165) is 0 Å². The van der Waals surface area contributed by atoms with Gasteiger partial charge in [-0.2, -0.15) is 0 Å².